The zero-order valence-electron chi connectivity index (χ0n) is 8.40. The first kappa shape index (κ1) is 11.8. The van der Waals surface area contributed by atoms with Gasteiger partial charge in [-0.15, -0.1) is 0 Å². The normalized spacial score (nSPS) is 11.6. The highest BCUT2D eigenvalue weighted by Gasteiger charge is 2.22. The van der Waals surface area contributed by atoms with Crippen molar-refractivity contribution in [2.24, 2.45) is 5.73 Å². The lowest BCUT2D eigenvalue weighted by Crippen LogP contribution is -2.29. The zero-order valence-corrected chi connectivity index (χ0v) is 10.7. The van der Waals surface area contributed by atoms with Gasteiger partial charge in [-0.05, 0) is 35.8 Å². The van der Waals surface area contributed by atoms with Crippen LogP contribution in [0.4, 0.5) is 0 Å². The second-order valence-electron chi connectivity index (χ2n) is 3.66. The second-order valence-corrected chi connectivity index (χ2v) is 4.90. The molecule has 1 aromatic rings. The molecule has 1 aromatic carbocycles. The van der Waals surface area contributed by atoms with Gasteiger partial charge in [0.2, 0.25) is 0 Å². The molecule has 0 aliphatic carbocycles. The maximum absolute atomic E-state index is 6.08. The van der Waals surface area contributed by atoms with E-state index < -0.39 is 5.54 Å². The summed E-state index contributed by atoms with van der Waals surface area (Å²) in [5, 5.41) is 0.559. The SMILES string of the molecule is COc1c(C(C)(C)N)ccc(Br)c1Cl. The maximum Gasteiger partial charge on any atom is 0.143 e. The standard InChI is InChI=1S/C10H13BrClNO/c1-10(2,13)6-4-5-7(11)8(12)9(6)14-3/h4-5H,13H2,1-3H3. The predicted molar refractivity (Wildman–Crippen MR) is 62.9 cm³/mol. The summed E-state index contributed by atoms with van der Waals surface area (Å²) < 4.78 is 6.05. The Bertz CT molecular complexity index is 347. The summed E-state index contributed by atoms with van der Waals surface area (Å²) in [6, 6.07) is 3.78. The van der Waals surface area contributed by atoms with Gasteiger partial charge in [-0.2, -0.15) is 0 Å². The molecule has 14 heavy (non-hydrogen) atoms. The lowest BCUT2D eigenvalue weighted by Gasteiger charge is -2.23. The molecule has 78 valence electrons. The summed E-state index contributed by atoms with van der Waals surface area (Å²) in [5.74, 6) is 0.633. The van der Waals surface area contributed by atoms with Crippen LogP contribution in [0.5, 0.6) is 5.75 Å². The Kier molecular flexibility index (Phi) is 3.45. The summed E-state index contributed by atoms with van der Waals surface area (Å²) in [6.45, 7) is 3.82. The van der Waals surface area contributed by atoms with Crippen molar-refractivity contribution in [3.8, 4) is 5.75 Å². The molecule has 0 fully saturated rings. The van der Waals surface area contributed by atoms with E-state index in [-0.39, 0.29) is 0 Å². The van der Waals surface area contributed by atoms with Crippen LogP contribution in [0.25, 0.3) is 0 Å². The molecule has 0 amide bonds. The van der Waals surface area contributed by atoms with Crippen LogP contribution in [0.15, 0.2) is 16.6 Å². The molecule has 0 aliphatic heterocycles. The van der Waals surface area contributed by atoms with Crippen molar-refractivity contribution in [2.45, 2.75) is 19.4 Å². The van der Waals surface area contributed by atoms with Crippen LogP contribution in [0.3, 0.4) is 0 Å². The number of methoxy groups -OCH3 is 1. The number of halogens is 2. The van der Waals surface area contributed by atoms with Gasteiger partial charge < -0.3 is 10.5 Å². The molecular weight excluding hydrogens is 265 g/mol. The highest BCUT2D eigenvalue weighted by atomic mass is 79.9. The van der Waals surface area contributed by atoms with Crippen LogP contribution in [0.1, 0.15) is 19.4 Å². The van der Waals surface area contributed by atoms with Gasteiger partial charge >= 0.3 is 0 Å². The number of ether oxygens (including phenoxy) is 1. The van der Waals surface area contributed by atoms with Gasteiger partial charge in [-0.25, -0.2) is 0 Å². The third kappa shape index (κ3) is 2.22. The van der Waals surface area contributed by atoms with E-state index in [2.05, 4.69) is 15.9 Å². The van der Waals surface area contributed by atoms with E-state index in [1.165, 1.54) is 0 Å². The number of nitrogens with two attached hydrogens (primary N) is 1. The predicted octanol–water partition coefficient (Wildman–Crippen LogP) is 3.30. The van der Waals surface area contributed by atoms with Gasteiger partial charge in [0, 0.05) is 15.6 Å². The van der Waals surface area contributed by atoms with Gasteiger partial charge in [-0.3, -0.25) is 0 Å². The average molecular weight is 279 g/mol. The van der Waals surface area contributed by atoms with E-state index in [4.69, 9.17) is 22.1 Å². The molecule has 0 heterocycles. The van der Waals surface area contributed by atoms with Gasteiger partial charge in [-0.1, -0.05) is 17.7 Å². The lowest BCUT2D eigenvalue weighted by molar-refractivity contribution is 0.394. The molecule has 0 atom stereocenters. The highest BCUT2D eigenvalue weighted by Crippen LogP contribution is 2.38. The molecule has 0 spiro atoms. The van der Waals surface area contributed by atoms with Crippen molar-refractivity contribution in [3.63, 3.8) is 0 Å². The molecular formula is C10H13BrClNO. The van der Waals surface area contributed by atoms with Gasteiger partial charge in [0.1, 0.15) is 5.75 Å². The first-order valence-corrected chi connectivity index (χ1v) is 5.36. The minimum Gasteiger partial charge on any atom is -0.495 e. The number of hydrogen-bond acceptors (Lipinski definition) is 2. The molecule has 1 rings (SSSR count). The highest BCUT2D eigenvalue weighted by molar-refractivity contribution is 9.10. The summed E-state index contributed by atoms with van der Waals surface area (Å²) in [4.78, 5) is 0. The Morgan fingerprint density at radius 2 is 2.00 bits per heavy atom. The van der Waals surface area contributed by atoms with Crippen LogP contribution >= 0.6 is 27.5 Å². The molecule has 0 saturated carbocycles. The second kappa shape index (κ2) is 4.09. The Hall–Kier alpha value is -0.250. The van der Waals surface area contributed by atoms with Crippen LogP contribution < -0.4 is 10.5 Å². The zero-order chi connectivity index (χ0) is 10.9. The van der Waals surface area contributed by atoms with Crippen LogP contribution in [0, 0.1) is 0 Å². The summed E-state index contributed by atoms with van der Waals surface area (Å²) >= 11 is 9.41. The summed E-state index contributed by atoms with van der Waals surface area (Å²) in [7, 11) is 1.59. The minimum atomic E-state index is -0.463. The van der Waals surface area contributed by atoms with Gasteiger partial charge in [0.05, 0.1) is 12.1 Å². The fourth-order valence-corrected chi connectivity index (χ4v) is 1.79. The number of rotatable bonds is 2. The molecule has 2 N–H and O–H groups in total. The Morgan fingerprint density at radius 3 is 2.43 bits per heavy atom. The van der Waals surface area contributed by atoms with Crippen molar-refractivity contribution in [1.82, 2.24) is 0 Å². The third-order valence-corrected chi connectivity index (χ3v) is 3.21. The molecule has 4 heteroatoms. The van der Waals surface area contributed by atoms with Gasteiger partial charge in [0.15, 0.2) is 0 Å². The summed E-state index contributed by atoms with van der Waals surface area (Å²) in [5.41, 5.74) is 6.43. The molecule has 0 aliphatic rings. The number of benzene rings is 1. The molecule has 0 unspecified atom stereocenters. The fourth-order valence-electron chi connectivity index (χ4n) is 1.24. The molecule has 0 saturated heterocycles. The van der Waals surface area contributed by atoms with E-state index in [0.29, 0.717) is 10.8 Å². The van der Waals surface area contributed by atoms with E-state index in [1.54, 1.807) is 7.11 Å². The largest absolute Gasteiger partial charge is 0.495 e. The van der Waals surface area contributed by atoms with Crippen molar-refractivity contribution in [2.75, 3.05) is 7.11 Å². The first-order chi connectivity index (χ1) is 6.38. The van der Waals surface area contributed by atoms with E-state index >= 15 is 0 Å². The fraction of sp³-hybridized carbons (Fsp3) is 0.400. The molecule has 0 aromatic heterocycles. The molecule has 0 radical (unpaired) electrons. The van der Waals surface area contributed by atoms with Crippen LogP contribution in [-0.4, -0.2) is 7.11 Å². The molecule has 0 bridgehead atoms. The van der Waals surface area contributed by atoms with Crippen molar-refractivity contribution >= 4 is 27.5 Å². The number of hydrogen-bond donors (Lipinski definition) is 1. The minimum absolute atomic E-state index is 0.463. The Labute approximate surface area is 97.5 Å². The first-order valence-electron chi connectivity index (χ1n) is 4.19. The monoisotopic (exact) mass is 277 g/mol. The lowest BCUT2D eigenvalue weighted by atomic mass is 9.95. The van der Waals surface area contributed by atoms with Crippen LogP contribution in [-0.2, 0) is 5.54 Å². The quantitative estimate of drug-likeness (QED) is 0.901. The van der Waals surface area contributed by atoms with Crippen LogP contribution in [0.2, 0.25) is 5.02 Å². The summed E-state index contributed by atoms with van der Waals surface area (Å²) in [6.07, 6.45) is 0. The van der Waals surface area contributed by atoms with Gasteiger partial charge in [0.25, 0.3) is 0 Å². The average Bonchev–Trinajstić information content (AvgIpc) is 2.07. The smallest absolute Gasteiger partial charge is 0.143 e. The van der Waals surface area contributed by atoms with E-state index in [1.807, 2.05) is 26.0 Å². The maximum atomic E-state index is 6.08. The van der Waals surface area contributed by atoms with Crippen molar-refractivity contribution in [1.29, 1.82) is 0 Å². The topological polar surface area (TPSA) is 35.2 Å². The Morgan fingerprint density at radius 1 is 1.43 bits per heavy atom. The van der Waals surface area contributed by atoms with Crippen molar-refractivity contribution < 1.29 is 4.74 Å². The van der Waals surface area contributed by atoms with E-state index in [9.17, 15) is 0 Å². The molecule has 2 nitrogen and oxygen atoms in total. The third-order valence-electron chi connectivity index (χ3n) is 1.95. The Balaban J connectivity index is 3.39. The van der Waals surface area contributed by atoms with Crippen molar-refractivity contribution in [3.05, 3.63) is 27.2 Å². The van der Waals surface area contributed by atoms with E-state index in [0.717, 1.165) is 10.0 Å².